The van der Waals surface area contributed by atoms with Crippen LogP contribution in [0.25, 0.3) is 0 Å². The molecule has 2 aromatic heterocycles. The zero-order chi connectivity index (χ0) is 18.0. The second kappa shape index (κ2) is 7.31. The Labute approximate surface area is 151 Å². The molecule has 8 heteroatoms. The van der Waals surface area contributed by atoms with Gasteiger partial charge >= 0.3 is 5.97 Å². The minimum Gasteiger partial charge on any atom is -0.465 e. The first-order valence-corrected chi connectivity index (χ1v) is 8.82. The van der Waals surface area contributed by atoms with Crippen molar-refractivity contribution in [3.63, 3.8) is 0 Å². The maximum absolute atomic E-state index is 12.0. The summed E-state index contributed by atoms with van der Waals surface area (Å²) >= 11 is 6.89. The van der Waals surface area contributed by atoms with Crippen molar-refractivity contribution in [2.75, 3.05) is 17.7 Å². The SMILES string of the molecule is CCn1nc(C)c(NC(=S)Nc2sc(C)c(C)c2C(=O)OC)c1C. The quantitative estimate of drug-likeness (QED) is 0.634. The lowest BCUT2D eigenvalue weighted by Crippen LogP contribution is -2.21. The van der Waals surface area contributed by atoms with Crippen LogP contribution < -0.4 is 10.6 Å². The van der Waals surface area contributed by atoms with Crippen molar-refractivity contribution in [3.05, 3.63) is 27.4 Å². The molecule has 0 aliphatic carbocycles. The topological polar surface area (TPSA) is 68.2 Å². The van der Waals surface area contributed by atoms with Crippen molar-refractivity contribution < 1.29 is 9.53 Å². The number of carbonyl (C=O) groups is 1. The highest BCUT2D eigenvalue weighted by molar-refractivity contribution is 7.80. The summed E-state index contributed by atoms with van der Waals surface area (Å²) in [5.74, 6) is -0.367. The van der Waals surface area contributed by atoms with Gasteiger partial charge in [0, 0.05) is 11.4 Å². The predicted octanol–water partition coefficient (Wildman–Crippen LogP) is 3.79. The summed E-state index contributed by atoms with van der Waals surface area (Å²) in [7, 11) is 1.38. The van der Waals surface area contributed by atoms with Crippen molar-refractivity contribution >= 4 is 45.3 Å². The van der Waals surface area contributed by atoms with E-state index in [4.69, 9.17) is 17.0 Å². The second-order valence-electron chi connectivity index (χ2n) is 5.42. The number of hydrogen-bond acceptors (Lipinski definition) is 5. The molecule has 0 atom stereocenters. The molecule has 130 valence electrons. The van der Waals surface area contributed by atoms with Crippen LogP contribution in [0.4, 0.5) is 10.7 Å². The average Bonchev–Trinajstić information content (AvgIpc) is 2.97. The molecule has 0 saturated heterocycles. The normalized spacial score (nSPS) is 10.6. The molecule has 6 nitrogen and oxygen atoms in total. The molecule has 24 heavy (non-hydrogen) atoms. The average molecular weight is 367 g/mol. The van der Waals surface area contributed by atoms with Crippen molar-refractivity contribution in [1.29, 1.82) is 0 Å². The van der Waals surface area contributed by atoms with Crippen LogP contribution in [0, 0.1) is 27.7 Å². The Morgan fingerprint density at radius 2 is 1.96 bits per heavy atom. The molecule has 0 radical (unpaired) electrons. The molecule has 0 unspecified atom stereocenters. The molecule has 2 rings (SSSR count). The van der Waals surface area contributed by atoms with Gasteiger partial charge in [0.25, 0.3) is 0 Å². The van der Waals surface area contributed by atoms with Crippen LogP contribution in [0.15, 0.2) is 0 Å². The van der Waals surface area contributed by atoms with Gasteiger partial charge < -0.3 is 15.4 Å². The maximum Gasteiger partial charge on any atom is 0.341 e. The van der Waals surface area contributed by atoms with Gasteiger partial charge in [0.1, 0.15) is 5.00 Å². The molecule has 0 fully saturated rings. The van der Waals surface area contributed by atoms with Crippen molar-refractivity contribution in [3.8, 4) is 0 Å². The van der Waals surface area contributed by atoms with E-state index in [0.29, 0.717) is 15.7 Å². The molecule has 2 heterocycles. The second-order valence-corrected chi connectivity index (χ2v) is 7.05. The summed E-state index contributed by atoms with van der Waals surface area (Å²) in [6, 6.07) is 0. The Kier molecular flexibility index (Phi) is 5.61. The first kappa shape index (κ1) is 18.4. The Morgan fingerprint density at radius 3 is 2.50 bits per heavy atom. The van der Waals surface area contributed by atoms with Crippen molar-refractivity contribution in [2.45, 2.75) is 41.2 Å². The van der Waals surface area contributed by atoms with Gasteiger partial charge in [0.15, 0.2) is 5.11 Å². The minimum atomic E-state index is -0.367. The standard InChI is InChI=1S/C16H22N4O2S2/c1-7-20-10(4)13(9(3)19-20)17-16(23)18-14-12(15(21)22-6)8(2)11(5)24-14/h7H2,1-6H3,(H2,17,18,23). The number of thiocarbonyl (C=S) groups is 1. The third kappa shape index (κ3) is 3.44. The highest BCUT2D eigenvalue weighted by Gasteiger charge is 2.21. The van der Waals surface area contributed by atoms with Gasteiger partial charge in [0.05, 0.1) is 29.7 Å². The summed E-state index contributed by atoms with van der Waals surface area (Å²) in [5.41, 5.74) is 4.22. The summed E-state index contributed by atoms with van der Waals surface area (Å²) < 4.78 is 6.79. The summed E-state index contributed by atoms with van der Waals surface area (Å²) in [6.07, 6.45) is 0. The molecule has 0 bridgehead atoms. The van der Waals surface area contributed by atoms with Gasteiger partial charge in [-0.05, 0) is 52.4 Å². The van der Waals surface area contributed by atoms with Crippen LogP contribution in [0.1, 0.15) is 39.1 Å². The number of anilines is 2. The third-order valence-corrected chi connectivity index (χ3v) is 5.25. The molecular formula is C16H22N4O2S2. The number of nitrogens with one attached hydrogen (secondary N) is 2. The number of thiophene rings is 1. The number of rotatable bonds is 4. The highest BCUT2D eigenvalue weighted by Crippen LogP contribution is 2.33. The van der Waals surface area contributed by atoms with E-state index in [2.05, 4.69) is 15.7 Å². The van der Waals surface area contributed by atoms with Gasteiger partial charge in [0.2, 0.25) is 0 Å². The van der Waals surface area contributed by atoms with E-state index in [1.165, 1.54) is 18.4 Å². The van der Waals surface area contributed by atoms with E-state index < -0.39 is 0 Å². The van der Waals surface area contributed by atoms with Crippen LogP contribution in [0.5, 0.6) is 0 Å². The molecule has 0 aromatic carbocycles. The zero-order valence-electron chi connectivity index (χ0n) is 14.7. The van der Waals surface area contributed by atoms with Gasteiger partial charge in [-0.2, -0.15) is 5.10 Å². The van der Waals surface area contributed by atoms with Gasteiger partial charge in [-0.25, -0.2) is 4.79 Å². The van der Waals surface area contributed by atoms with E-state index in [9.17, 15) is 4.79 Å². The Hall–Kier alpha value is -1.93. The molecule has 2 aromatic rings. The van der Waals surface area contributed by atoms with E-state index >= 15 is 0 Å². The van der Waals surface area contributed by atoms with Crippen molar-refractivity contribution in [2.24, 2.45) is 0 Å². The first-order chi connectivity index (χ1) is 11.3. The fourth-order valence-electron chi connectivity index (χ4n) is 2.50. The van der Waals surface area contributed by atoms with E-state index in [0.717, 1.165) is 34.1 Å². The molecule has 2 N–H and O–H groups in total. The van der Waals surface area contributed by atoms with E-state index in [1.807, 2.05) is 39.3 Å². The van der Waals surface area contributed by atoms with Gasteiger partial charge in [-0.1, -0.05) is 0 Å². The van der Waals surface area contributed by atoms with E-state index in [-0.39, 0.29) is 5.97 Å². The van der Waals surface area contributed by atoms with Crippen LogP contribution in [0.2, 0.25) is 0 Å². The predicted molar refractivity (Wildman–Crippen MR) is 102 cm³/mol. The molecule has 0 aliphatic heterocycles. The fraction of sp³-hybridized carbons (Fsp3) is 0.438. The zero-order valence-corrected chi connectivity index (χ0v) is 16.4. The lowest BCUT2D eigenvalue weighted by atomic mass is 10.1. The Morgan fingerprint density at radius 1 is 1.29 bits per heavy atom. The lowest BCUT2D eigenvalue weighted by Gasteiger charge is -2.11. The Bertz CT molecular complexity index is 793. The number of methoxy groups -OCH3 is 1. The summed E-state index contributed by atoms with van der Waals surface area (Å²) in [5, 5.41) is 11.9. The number of hydrogen-bond donors (Lipinski definition) is 2. The van der Waals surface area contributed by atoms with E-state index in [1.54, 1.807) is 0 Å². The molecule has 0 aliphatic rings. The monoisotopic (exact) mass is 366 g/mol. The summed E-state index contributed by atoms with van der Waals surface area (Å²) in [4.78, 5) is 13.1. The number of esters is 1. The summed E-state index contributed by atoms with van der Waals surface area (Å²) in [6.45, 7) is 10.6. The highest BCUT2D eigenvalue weighted by atomic mass is 32.1. The number of carbonyl (C=O) groups excluding carboxylic acids is 1. The molecule has 0 spiro atoms. The first-order valence-electron chi connectivity index (χ1n) is 7.60. The van der Waals surface area contributed by atoms with Gasteiger partial charge in [-0.3, -0.25) is 4.68 Å². The largest absolute Gasteiger partial charge is 0.465 e. The molecular weight excluding hydrogens is 344 g/mol. The Balaban J connectivity index is 2.24. The fourth-order valence-corrected chi connectivity index (χ4v) is 3.82. The molecule has 0 saturated carbocycles. The van der Waals surface area contributed by atoms with Gasteiger partial charge in [-0.15, -0.1) is 11.3 Å². The lowest BCUT2D eigenvalue weighted by molar-refractivity contribution is 0.0601. The smallest absolute Gasteiger partial charge is 0.341 e. The van der Waals surface area contributed by atoms with Crippen LogP contribution in [0.3, 0.4) is 0 Å². The van der Waals surface area contributed by atoms with Crippen LogP contribution >= 0.6 is 23.6 Å². The number of ether oxygens (including phenoxy) is 1. The maximum atomic E-state index is 12.0. The van der Waals surface area contributed by atoms with Crippen LogP contribution in [-0.2, 0) is 11.3 Å². The van der Waals surface area contributed by atoms with Crippen LogP contribution in [-0.4, -0.2) is 28.0 Å². The molecule has 0 amide bonds. The van der Waals surface area contributed by atoms with Crippen molar-refractivity contribution in [1.82, 2.24) is 9.78 Å². The number of aryl methyl sites for hydroxylation is 3. The number of nitrogens with zero attached hydrogens (tertiary/aromatic N) is 2. The number of aromatic nitrogens is 2. The third-order valence-electron chi connectivity index (χ3n) is 3.92. The minimum absolute atomic E-state index is 0.367.